The lowest BCUT2D eigenvalue weighted by molar-refractivity contribution is -0.120. The molecule has 0 bridgehead atoms. The predicted molar refractivity (Wildman–Crippen MR) is 85.9 cm³/mol. The number of anilines is 1. The van der Waals surface area contributed by atoms with Gasteiger partial charge < -0.3 is 14.4 Å². The van der Waals surface area contributed by atoms with Gasteiger partial charge in [-0.05, 0) is 30.7 Å². The zero-order valence-corrected chi connectivity index (χ0v) is 13.2. The van der Waals surface area contributed by atoms with E-state index in [9.17, 15) is 4.79 Å². The van der Waals surface area contributed by atoms with Crippen LogP contribution >= 0.6 is 11.6 Å². The van der Waals surface area contributed by atoms with E-state index < -0.39 is 0 Å². The standard InChI is InChI=1S/C17H16ClNO3/c1-11-4-3-5-14(6-11)19-9-12-7-13(18)8-15(21-2)17(12)22-10-16(19)20/h3-8H,9-10H2,1-2H3. The van der Waals surface area contributed by atoms with Gasteiger partial charge in [-0.3, -0.25) is 4.79 Å². The molecule has 114 valence electrons. The van der Waals surface area contributed by atoms with Crippen LogP contribution in [0, 0.1) is 6.92 Å². The van der Waals surface area contributed by atoms with E-state index in [1.54, 1.807) is 24.1 Å². The molecule has 2 aromatic rings. The molecule has 0 saturated heterocycles. The first kappa shape index (κ1) is 14.7. The number of carbonyl (C=O) groups is 1. The number of hydrogen-bond acceptors (Lipinski definition) is 3. The summed E-state index contributed by atoms with van der Waals surface area (Å²) in [4.78, 5) is 14.1. The van der Waals surface area contributed by atoms with Crippen molar-refractivity contribution >= 4 is 23.2 Å². The van der Waals surface area contributed by atoms with E-state index >= 15 is 0 Å². The average molecular weight is 318 g/mol. The second kappa shape index (κ2) is 5.89. The molecule has 4 nitrogen and oxygen atoms in total. The maximum atomic E-state index is 12.4. The molecule has 0 saturated carbocycles. The maximum absolute atomic E-state index is 12.4. The summed E-state index contributed by atoms with van der Waals surface area (Å²) in [5, 5.41) is 0.553. The molecule has 5 heteroatoms. The molecule has 0 radical (unpaired) electrons. The third kappa shape index (κ3) is 2.74. The minimum Gasteiger partial charge on any atom is -0.493 e. The molecule has 0 N–H and O–H groups in total. The normalized spacial score (nSPS) is 14.1. The van der Waals surface area contributed by atoms with E-state index in [1.165, 1.54) is 0 Å². The summed E-state index contributed by atoms with van der Waals surface area (Å²) in [5.74, 6) is 1.02. The van der Waals surface area contributed by atoms with Crippen LogP contribution in [0.4, 0.5) is 5.69 Å². The number of hydrogen-bond donors (Lipinski definition) is 0. The number of nitrogens with zero attached hydrogens (tertiary/aromatic N) is 1. The summed E-state index contributed by atoms with van der Waals surface area (Å²) in [6, 6.07) is 11.3. The molecule has 0 atom stereocenters. The van der Waals surface area contributed by atoms with Crippen LogP contribution in [0.1, 0.15) is 11.1 Å². The summed E-state index contributed by atoms with van der Waals surface area (Å²) < 4.78 is 10.9. The first-order chi connectivity index (χ1) is 10.6. The van der Waals surface area contributed by atoms with Crippen LogP contribution in [-0.2, 0) is 11.3 Å². The second-order valence-corrected chi connectivity index (χ2v) is 5.64. The fraction of sp³-hybridized carbons (Fsp3) is 0.235. The fourth-order valence-electron chi connectivity index (χ4n) is 2.56. The second-order valence-electron chi connectivity index (χ2n) is 5.20. The Labute approximate surface area is 134 Å². The molecule has 0 spiro atoms. The highest BCUT2D eigenvalue weighted by Crippen LogP contribution is 2.37. The Morgan fingerprint density at radius 1 is 1.27 bits per heavy atom. The molecule has 0 unspecified atom stereocenters. The van der Waals surface area contributed by atoms with Crippen LogP contribution in [0.5, 0.6) is 11.5 Å². The Bertz CT molecular complexity index is 730. The van der Waals surface area contributed by atoms with Crippen molar-refractivity contribution in [3.63, 3.8) is 0 Å². The van der Waals surface area contributed by atoms with Crippen LogP contribution in [0.25, 0.3) is 0 Å². The highest BCUT2D eigenvalue weighted by molar-refractivity contribution is 6.30. The predicted octanol–water partition coefficient (Wildman–Crippen LogP) is 3.58. The Morgan fingerprint density at radius 2 is 2.09 bits per heavy atom. The molecule has 0 fully saturated rings. The molecule has 1 heterocycles. The Kier molecular flexibility index (Phi) is 3.94. The van der Waals surface area contributed by atoms with Gasteiger partial charge in [-0.1, -0.05) is 23.7 Å². The number of benzene rings is 2. The Morgan fingerprint density at radius 3 is 2.82 bits per heavy atom. The minimum absolute atomic E-state index is 0.0288. The molecule has 2 aromatic carbocycles. The van der Waals surface area contributed by atoms with Crippen LogP contribution < -0.4 is 14.4 Å². The highest BCUT2D eigenvalue weighted by atomic mass is 35.5. The number of halogens is 1. The van der Waals surface area contributed by atoms with Gasteiger partial charge in [-0.25, -0.2) is 0 Å². The van der Waals surface area contributed by atoms with Gasteiger partial charge in [0.25, 0.3) is 5.91 Å². The summed E-state index contributed by atoms with van der Waals surface area (Å²) in [6.07, 6.45) is 0. The number of amides is 1. The molecular weight excluding hydrogens is 302 g/mol. The highest BCUT2D eigenvalue weighted by Gasteiger charge is 2.25. The Hall–Kier alpha value is -2.20. The number of fused-ring (bicyclic) bond motifs is 1. The van der Waals surface area contributed by atoms with Crippen LogP contribution in [0.3, 0.4) is 0 Å². The largest absolute Gasteiger partial charge is 0.493 e. The van der Waals surface area contributed by atoms with E-state index in [-0.39, 0.29) is 12.5 Å². The molecule has 1 aliphatic rings. The van der Waals surface area contributed by atoms with Gasteiger partial charge in [0.05, 0.1) is 13.7 Å². The maximum Gasteiger partial charge on any atom is 0.265 e. The van der Waals surface area contributed by atoms with Gasteiger partial charge in [0.15, 0.2) is 18.1 Å². The Balaban J connectivity index is 2.05. The lowest BCUT2D eigenvalue weighted by atomic mass is 10.1. The van der Waals surface area contributed by atoms with E-state index in [4.69, 9.17) is 21.1 Å². The molecule has 22 heavy (non-hydrogen) atoms. The minimum atomic E-state index is -0.0972. The third-order valence-electron chi connectivity index (χ3n) is 3.60. The fourth-order valence-corrected chi connectivity index (χ4v) is 2.79. The third-order valence-corrected chi connectivity index (χ3v) is 3.82. The van der Waals surface area contributed by atoms with Gasteiger partial charge in [0.2, 0.25) is 0 Å². The molecule has 3 rings (SSSR count). The van der Waals surface area contributed by atoms with Gasteiger partial charge in [-0.2, -0.15) is 0 Å². The van der Waals surface area contributed by atoms with Gasteiger partial charge >= 0.3 is 0 Å². The molecule has 0 aliphatic carbocycles. The first-order valence-electron chi connectivity index (χ1n) is 6.94. The van der Waals surface area contributed by atoms with Gasteiger partial charge in [0.1, 0.15) is 0 Å². The van der Waals surface area contributed by atoms with Crippen molar-refractivity contribution in [1.29, 1.82) is 0 Å². The van der Waals surface area contributed by atoms with E-state index in [0.29, 0.717) is 23.1 Å². The summed E-state index contributed by atoms with van der Waals surface area (Å²) in [5.41, 5.74) is 2.77. The van der Waals surface area contributed by atoms with E-state index in [1.807, 2.05) is 31.2 Å². The van der Waals surface area contributed by atoms with E-state index in [2.05, 4.69) is 0 Å². The number of aryl methyl sites for hydroxylation is 1. The van der Waals surface area contributed by atoms with Crippen LogP contribution in [-0.4, -0.2) is 19.6 Å². The molecule has 1 amide bonds. The number of methoxy groups -OCH3 is 1. The van der Waals surface area contributed by atoms with Crippen molar-refractivity contribution in [3.8, 4) is 11.5 Å². The summed E-state index contributed by atoms with van der Waals surface area (Å²) >= 11 is 6.13. The van der Waals surface area contributed by atoms with Crippen molar-refractivity contribution in [3.05, 3.63) is 52.5 Å². The topological polar surface area (TPSA) is 38.8 Å². The number of ether oxygens (including phenoxy) is 2. The van der Waals surface area contributed by atoms with E-state index in [0.717, 1.165) is 16.8 Å². The van der Waals surface area contributed by atoms with Crippen molar-refractivity contribution < 1.29 is 14.3 Å². The lowest BCUT2D eigenvalue weighted by Crippen LogP contribution is -2.32. The van der Waals surface area contributed by atoms with Crippen molar-refractivity contribution in [2.45, 2.75) is 13.5 Å². The SMILES string of the molecule is COc1cc(Cl)cc2c1OCC(=O)N(c1cccc(C)c1)C2. The summed E-state index contributed by atoms with van der Waals surface area (Å²) in [7, 11) is 1.56. The molecule has 0 aromatic heterocycles. The lowest BCUT2D eigenvalue weighted by Gasteiger charge is -2.20. The average Bonchev–Trinajstić information content (AvgIpc) is 2.66. The van der Waals surface area contributed by atoms with Crippen molar-refractivity contribution in [2.24, 2.45) is 0 Å². The van der Waals surface area contributed by atoms with Crippen LogP contribution in [0.15, 0.2) is 36.4 Å². The number of rotatable bonds is 2. The summed E-state index contributed by atoms with van der Waals surface area (Å²) in [6.45, 7) is 2.36. The number of carbonyl (C=O) groups excluding carboxylic acids is 1. The first-order valence-corrected chi connectivity index (χ1v) is 7.32. The quantitative estimate of drug-likeness (QED) is 0.849. The van der Waals surface area contributed by atoms with Gasteiger partial charge in [-0.15, -0.1) is 0 Å². The van der Waals surface area contributed by atoms with Gasteiger partial charge in [0, 0.05) is 22.3 Å². The molecule has 1 aliphatic heterocycles. The van der Waals surface area contributed by atoms with Crippen molar-refractivity contribution in [1.82, 2.24) is 0 Å². The zero-order valence-electron chi connectivity index (χ0n) is 12.4. The van der Waals surface area contributed by atoms with Crippen LogP contribution in [0.2, 0.25) is 5.02 Å². The van der Waals surface area contributed by atoms with Crippen molar-refractivity contribution in [2.75, 3.05) is 18.6 Å². The smallest absolute Gasteiger partial charge is 0.265 e. The zero-order chi connectivity index (χ0) is 15.7. The molecular formula is C17H16ClNO3. The monoisotopic (exact) mass is 317 g/mol.